The number of methoxy groups -OCH3 is 1. The summed E-state index contributed by atoms with van der Waals surface area (Å²) in [6.45, 7) is 3.98. The molecule has 176 valence electrons. The molecule has 2 aromatic heterocycles. The zero-order valence-corrected chi connectivity index (χ0v) is 19.8. The van der Waals surface area contributed by atoms with Crippen LogP contribution >= 0.6 is 0 Å². The van der Waals surface area contributed by atoms with Gasteiger partial charge in [0.05, 0.1) is 18.7 Å². The number of nitrogens with one attached hydrogen (secondary N) is 2. The van der Waals surface area contributed by atoms with Gasteiger partial charge in [-0.25, -0.2) is 4.68 Å². The summed E-state index contributed by atoms with van der Waals surface area (Å²) in [5.41, 5.74) is 3.89. The number of quaternary nitrogens is 1. The van der Waals surface area contributed by atoms with Crippen molar-refractivity contribution in [2.75, 3.05) is 7.11 Å². The fourth-order valence-corrected chi connectivity index (χ4v) is 4.97. The average Bonchev–Trinajstić information content (AvgIpc) is 3.52. The van der Waals surface area contributed by atoms with Crippen LogP contribution < -0.4 is 15.2 Å². The lowest BCUT2D eigenvalue weighted by molar-refractivity contribution is -0.942. The van der Waals surface area contributed by atoms with Crippen molar-refractivity contribution in [3.63, 3.8) is 0 Å². The van der Waals surface area contributed by atoms with E-state index in [0.29, 0.717) is 19.1 Å². The zero-order valence-electron chi connectivity index (χ0n) is 19.8. The number of aryl methyl sites for hydroxylation is 1. The second-order valence-corrected chi connectivity index (χ2v) is 9.32. The summed E-state index contributed by atoms with van der Waals surface area (Å²) in [7, 11) is 1.67. The number of aromatic nitrogens is 5. The Morgan fingerprint density at radius 2 is 1.85 bits per heavy atom. The third kappa shape index (κ3) is 4.87. The molecule has 34 heavy (non-hydrogen) atoms. The van der Waals surface area contributed by atoms with Gasteiger partial charge < -0.3 is 14.6 Å². The van der Waals surface area contributed by atoms with Crippen molar-refractivity contribution in [2.24, 2.45) is 0 Å². The largest absolute Gasteiger partial charge is 0.497 e. The van der Waals surface area contributed by atoms with Crippen LogP contribution in [0.2, 0.25) is 0 Å². The molecule has 1 unspecified atom stereocenters. The third-order valence-electron chi connectivity index (χ3n) is 6.77. The van der Waals surface area contributed by atoms with Gasteiger partial charge in [0.25, 0.3) is 5.56 Å². The summed E-state index contributed by atoms with van der Waals surface area (Å²) in [5.74, 6) is 1.71. The highest BCUT2D eigenvalue weighted by atomic mass is 16.5. The van der Waals surface area contributed by atoms with E-state index < -0.39 is 0 Å². The second-order valence-electron chi connectivity index (χ2n) is 9.32. The maximum absolute atomic E-state index is 13.0. The molecule has 1 atom stereocenters. The van der Waals surface area contributed by atoms with Crippen LogP contribution in [-0.2, 0) is 19.6 Å². The number of rotatable bonds is 8. The highest BCUT2D eigenvalue weighted by molar-refractivity contribution is 5.79. The quantitative estimate of drug-likeness (QED) is 0.423. The first kappa shape index (κ1) is 22.3. The Bertz CT molecular complexity index is 1320. The van der Waals surface area contributed by atoms with Gasteiger partial charge in [0, 0.05) is 11.1 Å². The van der Waals surface area contributed by atoms with Crippen LogP contribution in [0, 0.1) is 6.92 Å². The van der Waals surface area contributed by atoms with E-state index >= 15 is 0 Å². The van der Waals surface area contributed by atoms with Crippen LogP contribution in [-0.4, -0.2) is 32.3 Å². The van der Waals surface area contributed by atoms with Crippen LogP contribution in [0.25, 0.3) is 10.9 Å². The van der Waals surface area contributed by atoms with Gasteiger partial charge in [0.2, 0.25) is 5.82 Å². The van der Waals surface area contributed by atoms with E-state index in [4.69, 9.17) is 4.74 Å². The molecule has 1 aliphatic rings. The van der Waals surface area contributed by atoms with Crippen LogP contribution in [0.4, 0.5) is 0 Å². The van der Waals surface area contributed by atoms with Gasteiger partial charge in [0.1, 0.15) is 25.4 Å². The Kier molecular flexibility index (Phi) is 6.40. The number of H-pyrrole nitrogens is 1. The van der Waals surface area contributed by atoms with Crippen molar-refractivity contribution in [3.05, 3.63) is 81.4 Å². The van der Waals surface area contributed by atoms with Crippen LogP contribution in [0.3, 0.4) is 0 Å². The van der Waals surface area contributed by atoms with Crippen molar-refractivity contribution in [1.29, 1.82) is 0 Å². The van der Waals surface area contributed by atoms with Crippen molar-refractivity contribution < 1.29 is 9.64 Å². The number of nitrogens with zero attached hydrogens (tertiary/aromatic N) is 4. The Hall–Kier alpha value is -3.52. The molecule has 1 aliphatic carbocycles. The van der Waals surface area contributed by atoms with E-state index in [9.17, 15) is 4.79 Å². The first-order valence-electron chi connectivity index (χ1n) is 11.9. The fourth-order valence-electron chi connectivity index (χ4n) is 4.97. The third-order valence-corrected chi connectivity index (χ3v) is 6.77. The highest BCUT2D eigenvalue weighted by Crippen LogP contribution is 2.29. The molecule has 2 heterocycles. The predicted molar refractivity (Wildman–Crippen MR) is 130 cm³/mol. The van der Waals surface area contributed by atoms with E-state index in [2.05, 4.69) is 44.8 Å². The molecule has 2 N–H and O–H groups in total. The summed E-state index contributed by atoms with van der Waals surface area (Å²) in [5, 5.41) is 13.7. The van der Waals surface area contributed by atoms with Gasteiger partial charge in [-0.1, -0.05) is 25.0 Å². The van der Waals surface area contributed by atoms with E-state index in [0.717, 1.165) is 53.0 Å². The number of hydrogen-bond acceptors (Lipinski definition) is 5. The number of benzene rings is 2. The van der Waals surface area contributed by atoms with Crippen molar-refractivity contribution in [3.8, 4) is 5.75 Å². The molecule has 8 heteroatoms. The molecule has 1 saturated carbocycles. The molecule has 4 aromatic rings. The second kappa shape index (κ2) is 9.77. The molecule has 0 spiro atoms. The normalized spacial score (nSPS) is 15.1. The average molecular weight is 460 g/mol. The number of ether oxygens (including phenoxy) is 1. The maximum Gasteiger partial charge on any atom is 0.257 e. The number of tetrazole rings is 1. The Morgan fingerprint density at radius 1 is 1.06 bits per heavy atom. The first-order valence-corrected chi connectivity index (χ1v) is 11.9. The number of pyridine rings is 1. The molecule has 8 nitrogen and oxygen atoms in total. The van der Waals surface area contributed by atoms with Crippen LogP contribution in [0.15, 0.2) is 53.3 Å². The molecule has 0 aliphatic heterocycles. The summed E-state index contributed by atoms with van der Waals surface area (Å²) in [4.78, 5) is 17.2. The topological polar surface area (TPSA) is 90.1 Å². The van der Waals surface area contributed by atoms with Crippen LogP contribution in [0.1, 0.15) is 54.2 Å². The van der Waals surface area contributed by atoms with Gasteiger partial charge in [-0.3, -0.25) is 4.79 Å². The first-order chi connectivity index (χ1) is 16.6. The summed E-state index contributed by atoms with van der Waals surface area (Å²) in [6, 6.07) is 16.6. The Balaban J connectivity index is 1.44. The lowest BCUT2D eigenvalue weighted by Gasteiger charge is -2.20. The SMILES string of the molecule is COc1ccc(C[NH+](Cc2cc3ccc(C)cc3[nH]c2=O)Cc2nnnn2C2CCCC2)cc1. The molecule has 0 radical (unpaired) electrons. The van der Waals surface area contributed by atoms with Gasteiger partial charge in [0.15, 0.2) is 0 Å². The van der Waals surface area contributed by atoms with Crippen molar-refractivity contribution >= 4 is 10.9 Å². The monoisotopic (exact) mass is 459 g/mol. The standard InChI is InChI=1S/C26H30N6O2/c1-18-7-10-20-14-21(26(33)27-24(20)13-18)16-31(15-19-8-11-23(34-2)12-9-19)17-25-28-29-30-32(25)22-5-3-4-6-22/h7-14,22H,3-6,15-17H2,1-2H3,(H,27,33)/p+1. The van der Waals surface area contributed by atoms with Gasteiger partial charge in [-0.05, 0) is 77.5 Å². The van der Waals surface area contributed by atoms with Gasteiger partial charge in [-0.2, -0.15) is 0 Å². The molecule has 2 aromatic carbocycles. The minimum atomic E-state index is -0.0410. The zero-order chi connectivity index (χ0) is 23.5. The Morgan fingerprint density at radius 3 is 2.62 bits per heavy atom. The highest BCUT2D eigenvalue weighted by Gasteiger charge is 2.24. The van der Waals surface area contributed by atoms with Crippen molar-refractivity contribution in [2.45, 2.75) is 58.3 Å². The molecule has 0 amide bonds. The smallest absolute Gasteiger partial charge is 0.257 e. The molecular formula is C26H31N6O2+. The van der Waals surface area contributed by atoms with E-state index in [1.165, 1.54) is 23.3 Å². The number of hydrogen-bond donors (Lipinski definition) is 2. The molecule has 1 fully saturated rings. The number of fused-ring (bicyclic) bond motifs is 1. The maximum atomic E-state index is 13.0. The summed E-state index contributed by atoms with van der Waals surface area (Å²) >= 11 is 0. The summed E-state index contributed by atoms with van der Waals surface area (Å²) in [6.07, 6.45) is 4.68. The van der Waals surface area contributed by atoms with Crippen molar-refractivity contribution in [1.82, 2.24) is 25.2 Å². The van der Waals surface area contributed by atoms with E-state index in [1.54, 1.807) is 7.11 Å². The van der Waals surface area contributed by atoms with Gasteiger partial charge >= 0.3 is 0 Å². The Labute approximate surface area is 198 Å². The lowest BCUT2D eigenvalue weighted by atomic mass is 10.1. The predicted octanol–water partition coefficient (Wildman–Crippen LogP) is 2.73. The van der Waals surface area contributed by atoms with E-state index in [1.807, 2.05) is 35.9 Å². The lowest BCUT2D eigenvalue weighted by Crippen LogP contribution is -3.08. The molecule has 5 rings (SSSR count). The van der Waals surface area contributed by atoms with E-state index in [-0.39, 0.29) is 5.56 Å². The van der Waals surface area contributed by atoms with Crippen LogP contribution in [0.5, 0.6) is 5.75 Å². The molecular weight excluding hydrogens is 428 g/mol. The fraction of sp³-hybridized carbons (Fsp3) is 0.385. The summed E-state index contributed by atoms with van der Waals surface area (Å²) < 4.78 is 7.32. The number of aromatic amines is 1. The van der Waals surface area contributed by atoms with Gasteiger partial charge in [-0.15, -0.1) is 5.10 Å². The minimum Gasteiger partial charge on any atom is -0.497 e. The minimum absolute atomic E-state index is 0.0410. The molecule has 0 saturated heterocycles. The molecule has 0 bridgehead atoms.